The first-order valence-electron chi connectivity index (χ1n) is 7.83. The summed E-state index contributed by atoms with van der Waals surface area (Å²) < 4.78 is 0. The zero-order chi connectivity index (χ0) is 17.5. The number of nitrogens with one attached hydrogen (secondary N) is 1. The quantitative estimate of drug-likeness (QED) is 0.546. The Morgan fingerprint density at radius 1 is 0.760 bits per heavy atom. The van der Waals surface area contributed by atoms with E-state index in [1.807, 2.05) is 12.1 Å². The van der Waals surface area contributed by atoms with Crippen LogP contribution in [0.1, 0.15) is 20.7 Å². The minimum atomic E-state index is -0.268. The maximum Gasteiger partial charge on any atom is 0.209 e. The lowest BCUT2D eigenvalue weighted by molar-refractivity contribution is 0.101. The molecule has 3 rings (SSSR count). The highest BCUT2D eigenvalue weighted by molar-refractivity contribution is 6.16. The van der Waals surface area contributed by atoms with Crippen LogP contribution in [0, 0.1) is 0 Å². The number of aromatic nitrogens is 1. The smallest absolute Gasteiger partial charge is 0.209 e. The van der Waals surface area contributed by atoms with E-state index in [1.54, 1.807) is 72.9 Å². The molecule has 25 heavy (non-hydrogen) atoms. The minimum absolute atomic E-state index is 0.179. The molecule has 2 aromatic carbocycles. The molecule has 0 aliphatic rings. The molecule has 1 N–H and O–H groups in total. The fourth-order valence-electron chi connectivity index (χ4n) is 2.29. The Kier molecular flexibility index (Phi) is 5.12. The number of carbonyl (C=O) groups excluding carboxylic acids is 2. The van der Waals surface area contributed by atoms with Crippen molar-refractivity contribution in [3.8, 4) is 0 Å². The molecular weight excluding hydrogens is 312 g/mol. The first kappa shape index (κ1) is 16.3. The first-order chi connectivity index (χ1) is 12.2. The minimum Gasteiger partial charge on any atom is -0.337 e. The predicted octanol–water partition coefficient (Wildman–Crippen LogP) is 4.14. The molecule has 0 fully saturated rings. The second-order valence-electron chi connectivity index (χ2n) is 5.32. The van der Waals surface area contributed by atoms with E-state index in [2.05, 4.69) is 10.3 Å². The summed E-state index contributed by atoms with van der Waals surface area (Å²) in [4.78, 5) is 29.5. The molecule has 122 valence electrons. The molecule has 0 radical (unpaired) electrons. The summed E-state index contributed by atoms with van der Waals surface area (Å²) in [5, 5.41) is 2.96. The highest BCUT2D eigenvalue weighted by atomic mass is 16.1. The molecule has 0 atom stereocenters. The standard InChI is InChI=1S/C21H16N2O2/c24-19(16-9-3-1-4-10-16)15-18(23-20-13-7-8-14-22-20)21(25)17-11-5-2-6-12-17/h1-15H,(H,22,23)/b18-15-. The van der Waals surface area contributed by atoms with Crippen molar-refractivity contribution in [3.63, 3.8) is 0 Å². The third kappa shape index (κ3) is 4.26. The van der Waals surface area contributed by atoms with Crippen molar-refractivity contribution >= 4 is 17.4 Å². The Balaban J connectivity index is 1.95. The van der Waals surface area contributed by atoms with E-state index in [0.29, 0.717) is 16.9 Å². The topological polar surface area (TPSA) is 59.1 Å². The lowest BCUT2D eigenvalue weighted by atomic mass is 10.0. The molecule has 1 heterocycles. The number of rotatable bonds is 6. The molecule has 3 aromatic rings. The van der Waals surface area contributed by atoms with Gasteiger partial charge in [0.05, 0.1) is 5.70 Å². The summed E-state index contributed by atoms with van der Waals surface area (Å²) in [6, 6.07) is 23.0. The number of benzene rings is 2. The van der Waals surface area contributed by atoms with Gasteiger partial charge in [-0.25, -0.2) is 4.98 Å². The van der Waals surface area contributed by atoms with Crippen LogP contribution in [0.3, 0.4) is 0 Å². The van der Waals surface area contributed by atoms with E-state index in [4.69, 9.17) is 0 Å². The van der Waals surface area contributed by atoms with Gasteiger partial charge in [0.15, 0.2) is 5.78 Å². The molecule has 0 saturated carbocycles. The average molecular weight is 328 g/mol. The van der Waals surface area contributed by atoms with E-state index >= 15 is 0 Å². The molecule has 0 bridgehead atoms. The van der Waals surface area contributed by atoms with Gasteiger partial charge in [0.25, 0.3) is 0 Å². The summed E-state index contributed by atoms with van der Waals surface area (Å²) >= 11 is 0. The zero-order valence-corrected chi connectivity index (χ0v) is 13.4. The molecule has 0 aliphatic heterocycles. The van der Waals surface area contributed by atoms with Crippen molar-refractivity contribution < 1.29 is 9.59 Å². The molecule has 1 aromatic heterocycles. The van der Waals surface area contributed by atoms with Crippen molar-refractivity contribution in [2.45, 2.75) is 0 Å². The third-order valence-electron chi connectivity index (χ3n) is 3.54. The summed E-state index contributed by atoms with van der Waals surface area (Å²) in [6.07, 6.45) is 2.94. The van der Waals surface area contributed by atoms with Gasteiger partial charge >= 0.3 is 0 Å². The molecule has 0 unspecified atom stereocenters. The lowest BCUT2D eigenvalue weighted by Gasteiger charge is -2.09. The second-order valence-corrected chi connectivity index (χ2v) is 5.32. The molecule has 0 aliphatic carbocycles. The Hall–Kier alpha value is -3.53. The normalized spacial score (nSPS) is 11.0. The molecular formula is C21H16N2O2. The molecule has 4 heteroatoms. The van der Waals surface area contributed by atoms with Gasteiger partial charge in [-0.1, -0.05) is 66.7 Å². The number of carbonyl (C=O) groups is 2. The van der Waals surface area contributed by atoms with E-state index in [1.165, 1.54) is 6.08 Å². The number of anilines is 1. The first-order valence-corrected chi connectivity index (χ1v) is 7.83. The molecule has 4 nitrogen and oxygen atoms in total. The number of hydrogen-bond donors (Lipinski definition) is 1. The van der Waals surface area contributed by atoms with Crippen molar-refractivity contribution in [1.29, 1.82) is 0 Å². The summed E-state index contributed by atoms with van der Waals surface area (Å²) in [5.41, 5.74) is 1.19. The SMILES string of the molecule is O=C(/C=C(\Nc1ccccn1)C(=O)c1ccccc1)c1ccccc1. The lowest BCUT2D eigenvalue weighted by Crippen LogP contribution is -2.14. The largest absolute Gasteiger partial charge is 0.337 e. The Morgan fingerprint density at radius 3 is 1.96 bits per heavy atom. The number of hydrogen-bond acceptors (Lipinski definition) is 4. The van der Waals surface area contributed by atoms with Crippen LogP contribution in [0.4, 0.5) is 5.82 Å². The van der Waals surface area contributed by atoms with E-state index in [9.17, 15) is 9.59 Å². The van der Waals surface area contributed by atoms with E-state index in [0.717, 1.165) is 0 Å². The van der Waals surface area contributed by atoms with Gasteiger partial charge in [-0.05, 0) is 12.1 Å². The van der Waals surface area contributed by atoms with E-state index < -0.39 is 0 Å². The summed E-state index contributed by atoms with van der Waals surface area (Å²) in [7, 11) is 0. The van der Waals surface area contributed by atoms with Crippen molar-refractivity contribution in [1.82, 2.24) is 4.98 Å². The molecule has 0 saturated heterocycles. The second kappa shape index (κ2) is 7.84. The van der Waals surface area contributed by atoms with Gasteiger partial charge in [0.1, 0.15) is 5.82 Å². The maximum atomic E-state index is 12.8. The highest BCUT2D eigenvalue weighted by Gasteiger charge is 2.15. The fraction of sp³-hybridized carbons (Fsp3) is 0. The number of ketones is 2. The number of nitrogens with zero attached hydrogens (tertiary/aromatic N) is 1. The summed E-state index contributed by atoms with van der Waals surface area (Å²) in [6.45, 7) is 0. The molecule has 0 amide bonds. The van der Waals surface area contributed by atoms with Crippen LogP contribution in [0.2, 0.25) is 0 Å². The fourth-order valence-corrected chi connectivity index (χ4v) is 2.29. The average Bonchev–Trinajstić information content (AvgIpc) is 2.69. The van der Waals surface area contributed by atoms with Crippen molar-refractivity contribution in [2.75, 3.05) is 5.32 Å². The number of allylic oxidation sites excluding steroid dienone is 2. The van der Waals surface area contributed by atoms with Gasteiger partial charge in [-0.3, -0.25) is 9.59 Å². The number of pyridine rings is 1. The maximum absolute atomic E-state index is 12.8. The third-order valence-corrected chi connectivity index (χ3v) is 3.54. The van der Waals surface area contributed by atoms with Crippen LogP contribution in [0.15, 0.2) is 96.8 Å². The van der Waals surface area contributed by atoms with Gasteiger partial charge in [-0.15, -0.1) is 0 Å². The van der Waals surface area contributed by atoms with Crippen molar-refractivity contribution in [2.24, 2.45) is 0 Å². The predicted molar refractivity (Wildman–Crippen MR) is 97.5 cm³/mol. The highest BCUT2D eigenvalue weighted by Crippen LogP contribution is 2.13. The van der Waals surface area contributed by atoms with Crippen LogP contribution in [-0.2, 0) is 0 Å². The van der Waals surface area contributed by atoms with Crippen molar-refractivity contribution in [3.05, 3.63) is 108 Å². The van der Waals surface area contributed by atoms with Crippen LogP contribution in [0.25, 0.3) is 0 Å². The zero-order valence-electron chi connectivity index (χ0n) is 13.4. The van der Waals surface area contributed by atoms with Gasteiger partial charge in [-0.2, -0.15) is 0 Å². The van der Waals surface area contributed by atoms with Crippen LogP contribution >= 0.6 is 0 Å². The van der Waals surface area contributed by atoms with Gasteiger partial charge in [0.2, 0.25) is 5.78 Å². The van der Waals surface area contributed by atoms with E-state index in [-0.39, 0.29) is 17.3 Å². The number of Topliss-reactive ketones (excluding diaryl/α,β-unsaturated/α-hetero) is 1. The van der Waals surface area contributed by atoms with Gasteiger partial charge < -0.3 is 5.32 Å². The Bertz CT molecular complexity index is 889. The van der Waals surface area contributed by atoms with Gasteiger partial charge in [0, 0.05) is 23.4 Å². The Labute approximate surface area is 145 Å². The molecule has 0 spiro atoms. The van der Waals surface area contributed by atoms with Crippen LogP contribution in [-0.4, -0.2) is 16.6 Å². The monoisotopic (exact) mass is 328 g/mol. The Morgan fingerprint density at radius 2 is 1.36 bits per heavy atom. The summed E-state index contributed by atoms with van der Waals surface area (Å²) in [5.74, 6) is -0.0160. The van der Waals surface area contributed by atoms with Crippen LogP contribution in [0.5, 0.6) is 0 Å². The van der Waals surface area contributed by atoms with Crippen LogP contribution < -0.4 is 5.32 Å².